The van der Waals surface area contributed by atoms with E-state index in [1.54, 1.807) is 11.3 Å². The molecule has 0 radical (unpaired) electrons. The summed E-state index contributed by atoms with van der Waals surface area (Å²) >= 11 is 1.77. The Balaban J connectivity index is 1.07. The van der Waals surface area contributed by atoms with Crippen molar-refractivity contribution in [3.63, 3.8) is 0 Å². The molecule has 0 aliphatic rings. The molecule has 0 saturated carbocycles. The number of aromatic nitrogens is 4. The van der Waals surface area contributed by atoms with Gasteiger partial charge in [0.05, 0.1) is 22.3 Å². The predicted octanol–water partition coefficient (Wildman–Crippen LogP) is 17.6. The van der Waals surface area contributed by atoms with Crippen LogP contribution in [0.15, 0.2) is 215 Å². The molecule has 0 aliphatic carbocycles. The van der Waals surface area contributed by atoms with Crippen molar-refractivity contribution < 1.29 is 8.83 Å². The van der Waals surface area contributed by atoms with Gasteiger partial charge in [-0.15, -0.1) is 11.3 Å². The van der Waals surface area contributed by atoms with E-state index in [9.17, 15) is 0 Å². The molecule has 0 bridgehead atoms. The molecule has 0 atom stereocenters. The molecule has 0 spiro atoms. The van der Waals surface area contributed by atoms with Crippen LogP contribution >= 0.6 is 11.3 Å². The van der Waals surface area contributed by atoms with Crippen LogP contribution in [0.4, 0.5) is 0 Å². The highest BCUT2D eigenvalue weighted by molar-refractivity contribution is 7.26. The van der Waals surface area contributed by atoms with Gasteiger partial charge >= 0.3 is 0 Å². The Bertz CT molecular complexity index is 4790. The summed E-state index contributed by atoms with van der Waals surface area (Å²) in [6, 6.07) is 73.2. The lowest BCUT2D eigenvalue weighted by atomic mass is 10.0. The molecule has 5 aromatic heterocycles. The second-order valence-electron chi connectivity index (χ2n) is 18.2. The first kappa shape index (κ1) is 37.9. The van der Waals surface area contributed by atoms with E-state index in [1.807, 2.05) is 12.1 Å². The third-order valence-electron chi connectivity index (χ3n) is 14.4. The smallest absolute Gasteiger partial charge is 0.167 e. The maximum Gasteiger partial charge on any atom is 0.167 e. The van der Waals surface area contributed by atoms with Crippen LogP contribution in [-0.4, -0.2) is 19.5 Å². The average Bonchev–Trinajstić information content (AvgIpc) is 4.18. The van der Waals surface area contributed by atoms with E-state index in [2.05, 4.69) is 199 Å². The first-order valence-electron chi connectivity index (χ1n) is 23.5. The van der Waals surface area contributed by atoms with Crippen LogP contribution in [0.25, 0.3) is 158 Å². The highest BCUT2D eigenvalue weighted by Gasteiger charge is 2.25. The fraction of sp³-hybridized carbons (Fsp3) is 0. The summed E-state index contributed by atoms with van der Waals surface area (Å²) in [5.41, 5.74) is 8.78. The predicted molar refractivity (Wildman–Crippen MR) is 290 cm³/mol. The zero-order valence-electron chi connectivity index (χ0n) is 37.1. The number of para-hydroxylation sites is 2. The van der Waals surface area contributed by atoms with Gasteiger partial charge in [0.15, 0.2) is 17.5 Å². The molecule has 0 aliphatic heterocycles. The number of nitrogens with zero attached hydrogens (tertiary/aromatic N) is 4. The van der Waals surface area contributed by atoms with Crippen molar-refractivity contribution in [2.75, 3.05) is 0 Å². The van der Waals surface area contributed by atoms with Gasteiger partial charge < -0.3 is 13.4 Å². The second kappa shape index (κ2) is 14.2. The van der Waals surface area contributed by atoms with Crippen LogP contribution in [0, 0.1) is 0 Å². The number of benzene rings is 11. The lowest BCUT2D eigenvalue weighted by Gasteiger charge is -2.15. The molecule has 6 nitrogen and oxygen atoms in total. The van der Waals surface area contributed by atoms with E-state index in [1.165, 1.54) is 37.0 Å². The highest BCUT2D eigenvalue weighted by Crippen LogP contribution is 2.46. The number of hydrogen-bond acceptors (Lipinski definition) is 6. The Morgan fingerprint density at radius 3 is 1.79 bits per heavy atom. The van der Waals surface area contributed by atoms with Crippen LogP contribution in [-0.2, 0) is 0 Å². The van der Waals surface area contributed by atoms with Crippen LogP contribution in [0.5, 0.6) is 0 Å². The molecule has 16 rings (SSSR count). The van der Waals surface area contributed by atoms with Gasteiger partial charge in [-0.1, -0.05) is 146 Å². The van der Waals surface area contributed by atoms with Crippen molar-refractivity contribution in [2.24, 2.45) is 0 Å². The fourth-order valence-electron chi connectivity index (χ4n) is 11.2. The topological polar surface area (TPSA) is 69.9 Å². The Morgan fingerprint density at radius 1 is 0.343 bits per heavy atom. The highest BCUT2D eigenvalue weighted by atomic mass is 32.1. The lowest BCUT2D eigenvalue weighted by Crippen LogP contribution is -2.04. The Labute approximate surface area is 401 Å². The summed E-state index contributed by atoms with van der Waals surface area (Å²) in [4.78, 5) is 16.6. The molecule has 7 heteroatoms. The Morgan fingerprint density at radius 2 is 0.943 bits per heavy atom. The number of fused-ring (bicyclic) bond motifs is 17. The quantitative estimate of drug-likeness (QED) is 0.176. The summed E-state index contributed by atoms with van der Waals surface area (Å²) in [5.74, 6) is 1.64. The SMILES string of the molecule is c1ccc2cc3c(cc2c1)c1c2ccccc2ccc1n3-c1cc2oc3c4ccccc4ccc3c2cc1-c1nc(-c2cccc3c2oc2ccccc23)nc(-c2cccc3c2sc2ccccc23)n1. The van der Waals surface area contributed by atoms with Crippen molar-refractivity contribution in [2.45, 2.75) is 0 Å². The van der Waals surface area contributed by atoms with Gasteiger partial charge in [0, 0.05) is 75.1 Å². The van der Waals surface area contributed by atoms with E-state index in [4.69, 9.17) is 23.8 Å². The molecule has 0 unspecified atom stereocenters. The molecular weight excluding hydrogens is 877 g/mol. The third kappa shape index (κ3) is 5.35. The third-order valence-corrected chi connectivity index (χ3v) is 15.6. The van der Waals surface area contributed by atoms with E-state index >= 15 is 0 Å². The maximum absolute atomic E-state index is 7.02. The molecule has 0 saturated heterocycles. The summed E-state index contributed by atoms with van der Waals surface area (Å²) in [6.07, 6.45) is 0. The zero-order valence-corrected chi connectivity index (χ0v) is 38.0. The second-order valence-corrected chi connectivity index (χ2v) is 19.3. The van der Waals surface area contributed by atoms with E-state index < -0.39 is 0 Å². The van der Waals surface area contributed by atoms with Gasteiger partial charge in [-0.3, -0.25) is 0 Å². The van der Waals surface area contributed by atoms with Gasteiger partial charge in [-0.05, 0) is 81.5 Å². The molecule has 11 aromatic carbocycles. The van der Waals surface area contributed by atoms with Crippen LogP contribution < -0.4 is 0 Å². The van der Waals surface area contributed by atoms with E-state index in [0.29, 0.717) is 17.5 Å². The Hall–Kier alpha value is -9.17. The minimum Gasteiger partial charge on any atom is -0.455 e. The molecule has 16 aromatic rings. The largest absolute Gasteiger partial charge is 0.455 e. The first-order chi connectivity index (χ1) is 34.7. The molecular formula is C63H34N4O2S. The maximum atomic E-state index is 7.02. The summed E-state index contributed by atoms with van der Waals surface area (Å²) in [6.45, 7) is 0. The van der Waals surface area contributed by atoms with Crippen LogP contribution in [0.3, 0.4) is 0 Å². The van der Waals surface area contributed by atoms with Crippen molar-refractivity contribution in [1.82, 2.24) is 19.5 Å². The minimum absolute atomic E-state index is 0.524. The van der Waals surface area contributed by atoms with Gasteiger partial charge in [0.1, 0.15) is 22.3 Å². The minimum atomic E-state index is 0.524. The first-order valence-corrected chi connectivity index (χ1v) is 24.3. The van der Waals surface area contributed by atoms with E-state index in [0.717, 1.165) is 104 Å². The lowest BCUT2D eigenvalue weighted by molar-refractivity contribution is 0.669. The van der Waals surface area contributed by atoms with Crippen molar-refractivity contribution in [3.8, 4) is 39.9 Å². The Kier molecular flexibility index (Phi) is 7.67. The fourth-order valence-corrected chi connectivity index (χ4v) is 12.4. The molecule has 0 amide bonds. The monoisotopic (exact) mass is 910 g/mol. The summed E-state index contributed by atoms with van der Waals surface area (Å²) < 4.78 is 18.5. The zero-order chi connectivity index (χ0) is 45.6. The molecule has 70 heavy (non-hydrogen) atoms. The number of hydrogen-bond donors (Lipinski definition) is 0. The standard InChI is InChI=1S/C63H34N4O2S/c1-2-16-38-32-52-49(31-37(38)15-1)57-39-17-5-3-13-35(39)28-30-51(57)67(52)53-34-55-48(44-29-27-36-14-4-6-18-40(36)58(44)69-55)33-50(53)63-65-61(46-23-11-21-43-41-19-7-9-25-54(41)68-59(43)46)64-62(66-63)47-24-12-22-45-42-20-8-10-26-56(42)70-60(45)47/h1-34H. The normalized spacial score (nSPS) is 12.3. The average molecular weight is 911 g/mol. The van der Waals surface area contributed by atoms with Gasteiger partial charge in [0.25, 0.3) is 0 Å². The number of thiophene rings is 1. The number of rotatable bonds is 4. The van der Waals surface area contributed by atoms with Crippen molar-refractivity contribution in [3.05, 3.63) is 206 Å². The van der Waals surface area contributed by atoms with E-state index in [-0.39, 0.29) is 0 Å². The van der Waals surface area contributed by atoms with Crippen molar-refractivity contribution in [1.29, 1.82) is 0 Å². The van der Waals surface area contributed by atoms with Gasteiger partial charge in [-0.2, -0.15) is 0 Å². The summed E-state index contributed by atoms with van der Waals surface area (Å²) in [5, 5.41) is 15.7. The van der Waals surface area contributed by atoms with Gasteiger partial charge in [-0.25, -0.2) is 15.0 Å². The van der Waals surface area contributed by atoms with Gasteiger partial charge in [0.2, 0.25) is 0 Å². The number of furan rings is 2. The molecule has 0 N–H and O–H groups in total. The van der Waals surface area contributed by atoms with Crippen LogP contribution in [0.2, 0.25) is 0 Å². The van der Waals surface area contributed by atoms with Crippen LogP contribution in [0.1, 0.15) is 0 Å². The molecule has 5 heterocycles. The summed E-state index contributed by atoms with van der Waals surface area (Å²) in [7, 11) is 0. The van der Waals surface area contributed by atoms with Crippen molar-refractivity contribution >= 4 is 130 Å². The molecule has 0 fully saturated rings. The molecule has 324 valence electrons.